The Morgan fingerprint density at radius 3 is 1.23 bits per heavy atom. The molecule has 2 nitrogen and oxygen atoms in total. The first kappa shape index (κ1) is 34.7. The first-order valence-corrected chi connectivity index (χ1v) is 9.74. The van der Waals surface area contributed by atoms with Crippen molar-refractivity contribution < 1.29 is 83.8 Å². The number of carbonyl (C=O) groups is 1. The van der Waals surface area contributed by atoms with Gasteiger partial charge in [0.25, 0.3) is 5.91 Å². The molecule has 0 bridgehead atoms. The van der Waals surface area contributed by atoms with Crippen LogP contribution in [0.3, 0.4) is 0 Å². The van der Waals surface area contributed by atoms with Crippen LogP contribution in [0.4, 0.5) is 79.0 Å². The molecule has 1 unspecified atom stereocenters. The predicted molar refractivity (Wildman–Crippen MR) is 93.4 cm³/mol. The average molecular weight is 634 g/mol. The third kappa shape index (κ3) is 4.83. The van der Waals surface area contributed by atoms with Crippen LogP contribution in [0.5, 0.6) is 0 Å². The fraction of sp³-hybridized carbons (Fsp3) is 0.611. The zero-order valence-electron chi connectivity index (χ0n) is 18.1. The van der Waals surface area contributed by atoms with Gasteiger partial charge in [0.05, 0.1) is 6.04 Å². The second-order valence-corrected chi connectivity index (χ2v) is 8.17. The summed E-state index contributed by atoms with van der Waals surface area (Å²) in [5, 5.41) is -6.08. The molecule has 1 aromatic carbocycles. The van der Waals surface area contributed by atoms with Crippen molar-refractivity contribution in [3.8, 4) is 0 Å². The molecule has 0 spiro atoms. The number of hydrogen-bond acceptors (Lipinski definition) is 1. The monoisotopic (exact) mass is 633 g/mol. The zero-order valence-corrected chi connectivity index (χ0v) is 18.8. The molecular formula is C18H10ClF18NO. The Balaban J connectivity index is 3.60. The van der Waals surface area contributed by atoms with Crippen molar-refractivity contribution in [3.63, 3.8) is 0 Å². The summed E-state index contributed by atoms with van der Waals surface area (Å²) >= 11 is 3.38. The molecular weight excluding hydrogens is 624 g/mol. The molecule has 1 rings (SSSR count). The molecule has 0 saturated heterocycles. The van der Waals surface area contributed by atoms with Gasteiger partial charge in [-0.15, -0.1) is 0 Å². The molecule has 0 aliphatic carbocycles. The van der Waals surface area contributed by atoms with E-state index in [1.165, 1.54) is 6.07 Å². The maximum atomic E-state index is 14.0. The Bertz CT molecular complexity index is 1040. The summed E-state index contributed by atoms with van der Waals surface area (Å²) in [7, 11) is 0. The van der Waals surface area contributed by atoms with Crippen LogP contribution in [0.1, 0.15) is 18.5 Å². The second kappa shape index (κ2) is 9.67. The highest BCUT2D eigenvalue weighted by molar-refractivity contribution is 6.22. The molecule has 0 aliphatic heterocycles. The largest absolute Gasteiger partial charge is 0.393 e. The van der Waals surface area contributed by atoms with Gasteiger partial charge in [0.2, 0.25) is 0 Å². The van der Waals surface area contributed by atoms with E-state index in [2.05, 4.69) is 11.6 Å². The lowest BCUT2D eigenvalue weighted by Gasteiger charge is -2.43. The highest BCUT2D eigenvalue weighted by Gasteiger charge is 2.96. The van der Waals surface area contributed by atoms with Crippen molar-refractivity contribution in [3.05, 3.63) is 35.9 Å². The molecule has 1 atom stereocenters. The van der Waals surface area contributed by atoms with Crippen LogP contribution in [-0.4, -0.2) is 58.7 Å². The van der Waals surface area contributed by atoms with Gasteiger partial charge in [0.15, 0.2) is 0 Å². The van der Waals surface area contributed by atoms with Crippen LogP contribution < -0.4 is 5.32 Å². The maximum absolute atomic E-state index is 14.0. The minimum absolute atomic E-state index is 0.229. The minimum Gasteiger partial charge on any atom is -0.344 e. The summed E-state index contributed by atoms with van der Waals surface area (Å²) in [6, 6.07) is 3.79. The summed E-state index contributed by atoms with van der Waals surface area (Å²) < 4.78 is 243. The van der Waals surface area contributed by atoms with E-state index in [9.17, 15) is 83.8 Å². The first-order valence-electron chi connectivity index (χ1n) is 9.36. The lowest BCUT2D eigenvalue weighted by atomic mass is 9.87. The SMILES string of the molecule is CC(NC(=O)C(F)(F)C(F)(F)C(F)(F)C(F)(F)C(F)(F)C(F)(F)C(F)(F)C(F)(F)C(F)(F)Cl)c1ccccc1. The number of carbonyl (C=O) groups excluding carboxylic acids is 1. The van der Waals surface area contributed by atoms with Gasteiger partial charge >= 0.3 is 52.8 Å². The van der Waals surface area contributed by atoms with Gasteiger partial charge in [-0.3, -0.25) is 4.79 Å². The molecule has 1 N–H and O–H groups in total. The zero-order chi connectivity index (χ0) is 31.5. The van der Waals surface area contributed by atoms with E-state index >= 15 is 0 Å². The van der Waals surface area contributed by atoms with E-state index in [-0.39, 0.29) is 5.56 Å². The van der Waals surface area contributed by atoms with E-state index in [0.717, 1.165) is 36.5 Å². The van der Waals surface area contributed by atoms with Crippen molar-refractivity contribution in [1.82, 2.24) is 5.32 Å². The molecule has 0 aromatic heterocycles. The number of alkyl halides is 19. The quantitative estimate of drug-likeness (QED) is 0.196. The van der Waals surface area contributed by atoms with Crippen molar-refractivity contribution in [1.29, 1.82) is 0 Å². The second-order valence-electron chi connectivity index (χ2n) is 7.70. The third-order valence-corrected chi connectivity index (χ3v) is 5.29. The Hall–Kier alpha value is -2.28. The highest BCUT2D eigenvalue weighted by Crippen LogP contribution is 2.65. The smallest absolute Gasteiger partial charge is 0.344 e. The van der Waals surface area contributed by atoms with E-state index in [0.29, 0.717) is 0 Å². The summed E-state index contributed by atoms with van der Waals surface area (Å²) in [5.74, 6) is -70.7. The first-order chi connectivity index (χ1) is 16.9. The highest BCUT2D eigenvalue weighted by atomic mass is 35.5. The van der Waals surface area contributed by atoms with Crippen LogP contribution in [0, 0.1) is 0 Å². The molecule has 0 aliphatic rings. The Morgan fingerprint density at radius 2 is 0.897 bits per heavy atom. The summed E-state index contributed by atoms with van der Waals surface area (Å²) in [6.45, 7) is 0.720. The Kier molecular flexibility index (Phi) is 8.62. The van der Waals surface area contributed by atoms with Crippen molar-refractivity contribution in [2.24, 2.45) is 0 Å². The van der Waals surface area contributed by atoms with Crippen molar-refractivity contribution in [2.75, 3.05) is 0 Å². The molecule has 1 amide bonds. The third-order valence-electron chi connectivity index (χ3n) is 5.05. The molecule has 1 aromatic rings. The van der Waals surface area contributed by atoms with Crippen LogP contribution in [0.15, 0.2) is 30.3 Å². The Morgan fingerprint density at radius 1 is 0.590 bits per heavy atom. The number of hydrogen-bond donors (Lipinski definition) is 1. The predicted octanol–water partition coefficient (Wildman–Crippen LogP) is 7.78. The molecule has 21 heteroatoms. The number of halogens is 19. The molecule has 39 heavy (non-hydrogen) atoms. The van der Waals surface area contributed by atoms with Gasteiger partial charge in [-0.05, 0) is 24.1 Å². The van der Waals surface area contributed by atoms with Gasteiger partial charge in [0.1, 0.15) is 0 Å². The van der Waals surface area contributed by atoms with Gasteiger partial charge in [0, 0.05) is 0 Å². The molecule has 0 fully saturated rings. The Labute approximate surface area is 209 Å². The van der Waals surface area contributed by atoms with Crippen LogP contribution in [0.2, 0.25) is 0 Å². The van der Waals surface area contributed by atoms with Gasteiger partial charge < -0.3 is 5.32 Å². The standard InChI is InChI=1S/C18H10ClF18NO/c1-7(8-5-3-2-4-6-8)38-9(39)10(20,21)11(22,23)12(24,25)13(26,27)14(28,29)15(30,31)16(32,33)17(34,35)18(19,36)37/h2-7H,1H3,(H,38,39). The molecule has 226 valence electrons. The number of nitrogens with one attached hydrogen (secondary N) is 1. The summed E-state index contributed by atoms with van der Waals surface area (Å²) in [4.78, 5) is 11.5. The molecule has 0 radical (unpaired) electrons. The number of amides is 1. The van der Waals surface area contributed by atoms with E-state index in [4.69, 9.17) is 0 Å². The summed E-state index contributed by atoms with van der Waals surface area (Å²) in [6.07, 6.45) is 0. The minimum atomic E-state index is -8.92. The van der Waals surface area contributed by atoms with Crippen LogP contribution in [-0.2, 0) is 4.79 Å². The summed E-state index contributed by atoms with van der Waals surface area (Å²) in [5.41, 5.74) is -0.229. The molecule has 0 heterocycles. The van der Waals surface area contributed by atoms with Crippen molar-refractivity contribution >= 4 is 17.5 Å². The van der Waals surface area contributed by atoms with Crippen molar-refractivity contribution in [2.45, 2.75) is 65.7 Å². The van der Waals surface area contributed by atoms with Gasteiger partial charge in [-0.2, -0.15) is 79.0 Å². The van der Waals surface area contributed by atoms with E-state index in [1.54, 1.807) is 0 Å². The van der Waals surface area contributed by atoms with Gasteiger partial charge in [-0.1, -0.05) is 30.3 Å². The number of rotatable bonds is 11. The van der Waals surface area contributed by atoms with Crippen LogP contribution in [0.25, 0.3) is 0 Å². The maximum Gasteiger partial charge on any atom is 0.393 e. The topological polar surface area (TPSA) is 29.1 Å². The number of benzene rings is 1. The lowest BCUT2D eigenvalue weighted by molar-refractivity contribution is -0.456. The van der Waals surface area contributed by atoms with Gasteiger partial charge in [-0.25, -0.2) is 0 Å². The average Bonchev–Trinajstić information content (AvgIpc) is 2.77. The normalized spacial score (nSPS) is 16.2. The lowest BCUT2D eigenvalue weighted by Crippen LogP contribution is -2.76. The fourth-order valence-corrected chi connectivity index (χ4v) is 2.73. The van der Waals surface area contributed by atoms with E-state index in [1.807, 2.05) is 0 Å². The van der Waals surface area contributed by atoms with Crippen LogP contribution >= 0.6 is 11.6 Å². The molecule has 0 saturated carbocycles. The fourth-order valence-electron chi connectivity index (χ4n) is 2.62. The van der Waals surface area contributed by atoms with E-state index < -0.39 is 64.7 Å².